The lowest BCUT2D eigenvalue weighted by atomic mass is 10.1. The Kier molecular flexibility index (Phi) is 6.58. The highest BCUT2D eigenvalue weighted by atomic mass is 16.1. The minimum Gasteiger partial charge on any atom is -0.370 e. The van der Waals surface area contributed by atoms with Gasteiger partial charge in [-0.3, -0.25) is 9.78 Å². The predicted octanol–water partition coefficient (Wildman–Crippen LogP) is 4.08. The second kappa shape index (κ2) is 9.53. The summed E-state index contributed by atoms with van der Waals surface area (Å²) in [5, 5.41) is 3.01. The van der Waals surface area contributed by atoms with E-state index in [0.29, 0.717) is 12.1 Å². The minimum absolute atomic E-state index is 0.0313. The van der Waals surface area contributed by atoms with E-state index >= 15 is 0 Å². The topological polar surface area (TPSA) is 45.2 Å². The number of nitrogens with one attached hydrogen (secondary N) is 1. The maximum Gasteiger partial charge on any atom is 0.251 e. The molecule has 27 heavy (non-hydrogen) atoms. The smallest absolute Gasteiger partial charge is 0.251 e. The van der Waals surface area contributed by atoms with Crippen molar-refractivity contribution in [1.29, 1.82) is 0 Å². The zero-order chi connectivity index (χ0) is 18.9. The quantitative estimate of drug-likeness (QED) is 0.617. The predicted molar refractivity (Wildman–Crippen MR) is 110 cm³/mol. The average Bonchev–Trinajstić information content (AvgIpc) is 2.72. The molecule has 1 amide bonds. The molecule has 3 aromatic rings. The first-order valence-corrected chi connectivity index (χ1v) is 9.24. The summed E-state index contributed by atoms with van der Waals surface area (Å²) in [4.78, 5) is 18.7. The summed E-state index contributed by atoms with van der Waals surface area (Å²) in [5.41, 5.74) is 4.15. The summed E-state index contributed by atoms with van der Waals surface area (Å²) in [6.45, 7) is 1.45. The number of hydrogen-bond donors (Lipinski definition) is 1. The lowest BCUT2D eigenvalue weighted by Crippen LogP contribution is -2.25. The number of aromatic nitrogens is 1. The molecule has 0 saturated heterocycles. The fourth-order valence-electron chi connectivity index (χ4n) is 2.98. The number of hydrogen-bond acceptors (Lipinski definition) is 3. The number of rotatable bonds is 8. The van der Waals surface area contributed by atoms with Crippen LogP contribution < -0.4 is 10.2 Å². The molecule has 0 bridgehead atoms. The van der Waals surface area contributed by atoms with Crippen molar-refractivity contribution >= 4 is 11.6 Å². The summed E-state index contributed by atoms with van der Waals surface area (Å²) < 4.78 is 0. The average molecular weight is 359 g/mol. The maximum absolute atomic E-state index is 12.4. The number of amides is 1. The van der Waals surface area contributed by atoms with Crippen molar-refractivity contribution in [2.45, 2.75) is 19.4 Å². The van der Waals surface area contributed by atoms with Crippen LogP contribution >= 0.6 is 0 Å². The molecular weight excluding hydrogens is 334 g/mol. The Bertz CT molecular complexity index is 850. The third-order valence-electron chi connectivity index (χ3n) is 4.46. The van der Waals surface area contributed by atoms with E-state index in [1.54, 1.807) is 6.20 Å². The fourth-order valence-corrected chi connectivity index (χ4v) is 2.98. The van der Waals surface area contributed by atoms with Gasteiger partial charge >= 0.3 is 0 Å². The number of nitrogens with zero attached hydrogens (tertiary/aromatic N) is 2. The van der Waals surface area contributed by atoms with Gasteiger partial charge < -0.3 is 10.2 Å². The Morgan fingerprint density at radius 2 is 1.81 bits per heavy atom. The molecular formula is C23H25N3O. The second-order valence-electron chi connectivity index (χ2n) is 6.61. The van der Waals surface area contributed by atoms with Crippen LogP contribution in [0.15, 0.2) is 79.1 Å². The van der Waals surface area contributed by atoms with E-state index in [2.05, 4.69) is 33.4 Å². The lowest BCUT2D eigenvalue weighted by Gasteiger charge is -2.20. The monoisotopic (exact) mass is 359 g/mol. The van der Waals surface area contributed by atoms with E-state index in [1.165, 1.54) is 11.1 Å². The van der Waals surface area contributed by atoms with Crippen molar-refractivity contribution in [2.75, 3.05) is 18.5 Å². The highest BCUT2D eigenvalue weighted by Gasteiger charge is 2.08. The van der Waals surface area contributed by atoms with Gasteiger partial charge in [0.1, 0.15) is 0 Å². The molecule has 1 aromatic heterocycles. The van der Waals surface area contributed by atoms with E-state index < -0.39 is 0 Å². The third kappa shape index (κ3) is 5.68. The van der Waals surface area contributed by atoms with Gasteiger partial charge in [-0.05, 0) is 48.2 Å². The van der Waals surface area contributed by atoms with Crippen molar-refractivity contribution < 1.29 is 4.79 Å². The molecule has 0 fully saturated rings. The summed E-state index contributed by atoms with van der Waals surface area (Å²) in [6, 6.07) is 22.1. The summed E-state index contributed by atoms with van der Waals surface area (Å²) in [6.07, 6.45) is 5.44. The van der Waals surface area contributed by atoms with Crippen LogP contribution in [0.2, 0.25) is 0 Å². The van der Waals surface area contributed by atoms with E-state index in [4.69, 9.17) is 0 Å². The molecule has 138 valence electrons. The molecule has 1 heterocycles. The van der Waals surface area contributed by atoms with Gasteiger partial charge in [0, 0.05) is 43.8 Å². The van der Waals surface area contributed by atoms with Gasteiger partial charge in [-0.15, -0.1) is 0 Å². The fraction of sp³-hybridized carbons (Fsp3) is 0.217. The van der Waals surface area contributed by atoms with Crippen LogP contribution in [-0.2, 0) is 13.0 Å². The molecule has 0 aliphatic carbocycles. The summed E-state index contributed by atoms with van der Waals surface area (Å²) >= 11 is 0. The molecule has 0 saturated carbocycles. The SMILES string of the molecule is CN(Cc1ccccc1)c1cccc(C(=O)NCCCc2cccnc2)c1. The zero-order valence-electron chi connectivity index (χ0n) is 15.6. The first kappa shape index (κ1) is 18.6. The van der Waals surface area contributed by atoms with Crippen LogP contribution in [0.25, 0.3) is 0 Å². The standard InChI is InChI=1S/C23H25N3O/c1-26(18-20-8-3-2-4-9-20)22-13-5-12-21(16-22)23(27)25-15-7-11-19-10-6-14-24-17-19/h2-6,8-10,12-14,16-17H,7,11,15,18H2,1H3,(H,25,27). The first-order valence-electron chi connectivity index (χ1n) is 9.24. The molecule has 0 aliphatic heterocycles. The number of carbonyl (C=O) groups is 1. The Hall–Kier alpha value is -3.14. The zero-order valence-corrected chi connectivity index (χ0v) is 15.6. The van der Waals surface area contributed by atoms with Crippen molar-refractivity contribution in [3.8, 4) is 0 Å². The van der Waals surface area contributed by atoms with Crippen molar-refractivity contribution in [1.82, 2.24) is 10.3 Å². The molecule has 1 N–H and O–H groups in total. The normalized spacial score (nSPS) is 10.4. The molecule has 3 rings (SSSR count). The number of anilines is 1. The Balaban J connectivity index is 1.52. The number of aryl methyl sites for hydroxylation is 1. The second-order valence-corrected chi connectivity index (χ2v) is 6.61. The molecule has 0 radical (unpaired) electrons. The van der Waals surface area contributed by atoms with Crippen molar-refractivity contribution in [3.63, 3.8) is 0 Å². The third-order valence-corrected chi connectivity index (χ3v) is 4.46. The number of benzene rings is 2. The van der Waals surface area contributed by atoms with Crippen LogP contribution in [0.4, 0.5) is 5.69 Å². The molecule has 4 heteroatoms. The maximum atomic E-state index is 12.4. The van der Waals surface area contributed by atoms with Crippen LogP contribution in [-0.4, -0.2) is 24.5 Å². The largest absolute Gasteiger partial charge is 0.370 e. The van der Waals surface area contributed by atoms with Gasteiger partial charge in [0.05, 0.1) is 0 Å². The highest BCUT2D eigenvalue weighted by molar-refractivity contribution is 5.95. The van der Waals surface area contributed by atoms with Gasteiger partial charge in [-0.25, -0.2) is 0 Å². The molecule has 4 nitrogen and oxygen atoms in total. The van der Waals surface area contributed by atoms with Crippen molar-refractivity contribution in [3.05, 3.63) is 95.8 Å². The molecule has 0 atom stereocenters. The van der Waals surface area contributed by atoms with Crippen LogP contribution in [0, 0.1) is 0 Å². The lowest BCUT2D eigenvalue weighted by molar-refractivity contribution is 0.0953. The van der Waals surface area contributed by atoms with Gasteiger partial charge in [-0.1, -0.05) is 42.5 Å². The first-order chi connectivity index (χ1) is 13.2. The minimum atomic E-state index is -0.0313. The van der Waals surface area contributed by atoms with Crippen molar-refractivity contribution in [2.24, 2.45) is 0 Å². The van der Waals surface area contributed by atoms with E-state index in [0.717, 1.165) is 25.1 Å². The molecule has 0 spiro atoms. The van der Waals surface area contributed by atoms with E-state index in [-0.39, 0.29) is 5.91 Å². The van der Waals surface area contributed by atoms with Gasteiger partial charge in [-0.2, -0.15) is 0 Å². The Labute approximate surface area is 160 Å². The number of carbonyl (C=O) groups excluding carboxylic acids is 1. The summed E-state index contributed by atoms with van der Waals surface area (Å²) in [5.74, 6) is -0.0313. The van der Waals surface area contributed by atoms with Gasteiger partial charge in [0.2, 0.25) is 0 Å². The molecule has 0 aliphatic rings. The molecule has 0 unspecified atom stereocenters. The highest BCUT2D eigenvalue weighted by Crippen LogP contribution is 2.17. The number of pyridine rings is 1. The Morgan fingerprint density at radius 1 is 1.00 bits per heavy atom. The summed E-state index contributed by atoms with van der Waals surface area (Å²) in [7, 11) is 2.04. The van der Waals surface area contributed by atoms with Crippen LogP contribution in [0.5, 0.6) is 0 Å². The van der Waals surface area contributed by atoms with Crippen LogP contribution in [0.3, 0.4) is 0 Å². The molecule has 2 aromatic carbocycles. The van der Waals surface area contributed by atoms with Crippen LogP contribution in [0.1, 0.15) is 27.9 Å². The van der Waals surface area contributed by atoms with Gasteiger partial charge in [0.15, 0.2) is 0 Å². The Morgan fingerprint density at radius 3 is 2.59 bits per heavy atom. The van der Waals surface area contributed by atoms with E-state index in [9.17, 15) is 4.79 Å². The van der Waals surface area contributed by atoms with Gasteiger partial charge in [0.25, 0.3) is 5.91 Å². The van der Waals surface area contributed by atoms with E-state index in [1.807, 2.05) is 61.8 Å².